The highest BCUT2D eigenvalue weighted by molar-refractivity contribution is 5.71. The van der Waals surface area contributed by atoms with Gasteiger partial charge in [-0.1, -0.05) is 52.0 Å². The Bertz CT molecular complexity index is 565. The molecule has 24 heavy (non-hydrogen) atoms. The number of benzene rings is 1. The molecule has 8 heteroatoms. The molecule has 0 aliphatic carbocycles. The Balaban J connectivity index is 3.08. The molecule has 1 aromatic carbocycles. The summed E-state index contributed by atoms with van der Waals surface area (Å²) in [7, 11) is 0. The summed E-state index contributed by atoms with van der Waals surface area (Å²) in [5.74, 6) is 11.3. The Morgan fingerprint density at radius 3 is 1.50 bits per heavy atom. The minimum absolute atomic E-state index is 0.274. The quantitative estimate of drug-likeness (QED) is 0.345. The summed E-state index contributed by atoms with van der Waals surface area (Å²) in [4.78, 5) is 22.4. The lowest BCUT2D eigenvalue weighted by Gasteiger charge is -2.33. The topological polar surface area (TPSA) is 145 Å². The minimum Gasteiger partial charge on any atom is -0.350 e. The SMILES string of the molecule is CC(C)(CN(N)C(N)=O)c1cccc(C(C)(C)CN(N)C(N)=O)c1. The van der Waals surface area contributed by atoms with Gasteiger partial charge in [0.1, 0.15) is 0 Å². The van der Waals surface area contributed by atoms with Crippen LogP contribution in [0.5, 0.6) is 0 Å². The van der Waals surface area contributed by atoms with Crippen LogP contribution in [-0.4, -0.2) is 35.2 Å². The first-order chi connectivity index (χ1) is 10.9. The van der Waals surface area contributed by atoms with Crippen LogP contribution in [0.4, 0.5) is 9.59 Å². The second kappa shape index (κ2) is 7.06. The van der Waals surface area contributed by atoms with Gasteiger partial charge in [0.15, 0.2) is 0 Å². The summed E-state index contributed by atoms with van der Waals surface area (Å²) >= 11 is 0. The molecule has 0 bridgehead atoms. The van der Waals surface area contributed by atoms with Crippen molar-refractivity contribution in [1.29, 1.82) is 0 Å². The second-order valence-corrected chi connectivity index (χ2v) is 7.28. The molecule has 0 saturated heterocycles. The van der Waals surface area contributed by atoms with E-state index in [1.54, 1.807) is 0 Å². The van der Waals surface area contributed by atoms with E-state index in [-0.39, 0.29) is 13.1 Å². The molecule has 0 heterocycles. The molecular weight excluding hydrogens is 308 g/mol. The first-order valence-electron chi connectivity index (χ1n) is 7.61. The van der Waals surface area contributed by atoms with E-state index in [2.05, 4.69) is 0 Å². The summed E-state index contributed by atoms with van der Waals surface area (Å²) in [6.07, 6.45) is 0. The third-order valence-corrected chi connectivity index (χ3v) is 4.12. The van der Waals surface area contributed by atoms with Crippen LogP contribution < -0.4 is 23.2 Å². The number of amides is 4. The average Bonchev–Trinajstić information content (AvgIpc) is 2.46. The van der Waals surface area contributed by atoms with Gasteiger partial charge in [-0.3, -0.25) is 10.0 Å². The van der Waals surface area contributed by atoms with E-state index < -0.39 is 22.9 Å². The Morgan fingerprint density at radius 2 is 1.21 bits per heavy atom. The van der Waals surface area contributed by atoms with Gasteiger partial charge >= 0.3 is 12.1 Å². The molecule has 4 amide bonds. The number of nitrogens with zero attached hydrogens (tertiary/aromatic N) is 2. The average molecular weight is 336 g/mol. The second-order valence-electron chi connectivity index (χ2n) is 7.28. The Morgan fingerprint density at radius 1 is 0.875 bits per heavy atom. The number of hydrogen-bond acceptors (Lipinski definition) is 4. The van der Waals surface area contributed by atoms with Crippen molar-refractivity contribution in [1.82, 2.24) is 10.0 Å². The van der Waals surface area contributed by atoms with Gasteiger partial charge in [-0.25, -0.2) is 21.3 Å². The molecule has 0 aliphatic rings. The largest absolute Gasteiger partial charge is 0.350 e. The molecule has 0 unspecified atom stereocenters. The van der Waals surface area contributed by atoms with Crippen molar-refractivity contribution in [2.75, 3.05) is 13.1 Å². The van der Waals surface area contributed by atoms with Crippen LogP contribution >= 0.6 is 0 Å². The summed E-state index contributed by atoms with van der Waals surface area (Å²) < 4.78 is 0. The van der Waals surface area contributed by atoms with Crippen molar-refractivity contribution in [2.24, 2.45) is 23.2 Å². The molecule has 8 nitrogen and oxygen atoms in total. The zero-order chi connectivity index (χ0) is 18.7. The lowest BCUT2D eigenvalue weighted by atomic mass is 9.78. The maximum atomic E-state index is 11.2. The van der Waals surface area contributed by atoms with Crippen LogP contribution in [0.3, 0.4) is 0 Å². The van der Waals surface area contributed by atoms with Crippen LogP contribution in [0.1, 0.15) is 38.8 Å². The number of carbonyl (C=O) groups is 2. The maximum absolute atomic E-state index is 11.2. The van der Waals surface area contributed by atoms with E-state index in [1.807, 2.05) is 52.0 Å². The number of primary amides is 2. The fourth-order valence-electron chi connectivity index (χ4n) is 2.55. The van der Waals surface area contributed by atoms with E-state index in [0.717, 1.165) is 21.1 Å². The van der Waals surface area contributed by atoms with E-state index >= 15 is 0 Å². The number of urea groups is 2. The van der Waals surface area contributed by atoms with E-state index in [9.17, 15) is 9.59 Å². The zero-order valence-corrected chi connectivity index (χ0v) is 14.7. The molecule has 0 spiro atoms. The van der Waals surface area contributed by atoms with Crippen LogP contribution in [0, 0.1) is 0 Å². The monoisotopic (exact) mass is 336 g/mol. The van der Waals surface area contributed by atoms with Crippen LogP contribution in [0.15, 0.2) is 24.3 Å². The van der Waals surface area contributed by atoms with Crippen LogP contribution in [0.25, 0.3) is 0 Å². The van der Waals surface area contributed by atoms with Crippen molar-refractivity contribution < 1.29 is 9.59 Å². The Labute approximate surface area is 142 Å². The van der Waals surface area contributed by atoms with Gasteiger partial charge < -0.3 is 11.5 Å². The normalized spacial score (nSPS) is 11.9. The number of nitrogens with two attached hydrogens (primary N) is 4. The number of carbonyl (C=O) groups excluding carboxylic acids is 2. The van der Waals surface area contributed by atoms with Crippen molar-refractivity contribution >= 4 is 12.1 Å². The van der Waals surface area contributed by atoms with Crippen molar-refractivity contribution in [3.63, 3.8) is 0 Å². The predicted octanol–water partition coefficient (Wildman–Crippen LogP) is 0.751. The molecule has 134 valence electrons. The highest BCUT2D eigenvalue weighted by Crippen LogP contribution is 2.30. The first kappa shape index (κ1) is 19.7. The standard InChI is InChI=1S/C16H28N6O2/c1-15(2,9-21(19)13(17)23)11-6-5-7-12(8-11)16(3,4)10-22(20)14(18)24/h5-8H,9-10,19-20H2,1-4H3,(H2,17,23)(H2,18,24). The van der Waals surface area contributed by atoms with Gasteiger partial charge in [0.2, 0.25) is 0 Å². The third-order valence-electron chi connectivity index (χ3n) is 4.12. The lowest BCUT2D eigenvalue weighted by Crippen LogP contribution is -2.48. The number of hydrogen-bond donors (Lipinski definition) is 4. The van der Waals surface area contributed by atoms with Gasteiger partial charge in [-0.05, 0) is 11.1 Å². The van der Waals surface area contributed by atoms with E-state index in [4.69, 9.17) is 23.2 Å². The molecule has 0 atom stereocenters. The van der Waals surface area contributed by atoms with Crippen molar-refractivity contribution in [3.05, 3.63) is 35.4 Å². The molecule has 0 radical (unpaired) electrons. The van der Waals surface area contributed by atoms with Crippen molar-refractivity contribution in [3.8, 4) is 0 Å². The fraction of sp³-hybridized carbons (Fsp3) is 0.500. The third kappa shape index (κ3) is 4.84. The van der Waals surface area contributed by atoms with Gasteiger partial charge in [-0.2, -0.15) is 0 Å². The summed E-state index contributed by atoms with van der Waals surface area (Å²) in [5, 5.41) is 1.99. The molecule has 1 rings (SSSR count). The Kier molecular flexibility index (Phi) is 5.80. The predicted molar refractivity (Wildman–Crippen MR) is 93.4 cm³/mol. The summed E-state index contributed by atoms with van der Waals surface area (Å²) in [6, 6.07) is 6.50. The molecule has 0 fully saturated rings. The Hall–Kier alpha value is -2.32. The van der Waals surface area contributed by atoms with E-state index in [1.165, 1.54) is 0 Å². The number of hydrazine groups is 2. The van der Waals surface area contributed by atoms with Crippen molar-refractivity contribution in [2.45, 2.75) is 38.5 Å². The van der Waals surface area contributed by atoms with Gasteiger partial charge in [0.05, 0.1) is 0 Å². The van der Waals surface area contributed by atoms with Gasteiger partial charge in [0.25, 0.3) is 0 Å². The lowest BCUT2D eigenvalue weighted by molar-refractivity contribution is 0.195. The summed E-state index contributed by atoms with van der Waals surface area (Å²) in [6.45, 7) is 8.44. The van der Waals surface area contributed by atoms with Crippen LogP contribution in [0.2, 0.25) is 0 Å². The molecular formula is C16H28N6O2. The highest BCUT2D eigenvalue weighted by atomic mass is 16.2. The van der Waals surface area contributed by atoms with Gasteiger partial charge in [0, 0.05) is 23.9 Å². The summed E-state index contributed by atoms with van der Waals surface area (Å²) in [5.41, 5.74) is 11.6. The molecule has 0 saturated carbocycles. The van der Waals surface area contributed by atoms with Gasteiger partial charge in [-0.15, -0.1) is 0 Å². The molecule has 8 N–H and O–H groups in total. The molecule has 0 aromatic heterocycles. The zero-order valence-electron chi connectivity index (χ0n) is 14.7. The first-order valence-corrected chi connectivity index (χ1v) is 7.61. The number of rotatable bonds is 6. The van der Waals surface area contributed by atoms with Crippen LogP contribution in [-0.2, 0) is 10.8 Å². The smallest absolute Gasteiger partial charge is 0.328 e. The fourth-order valence-corrected chi connectivity index (χ4v) is 2.55. The molecule has 0 aliphatic heterocycles. The highest BCUT2D eigenvalue weighted by Gasteiger charge is 2.28. The van der Waals surface area contributed by atoms with E-state index in [0.29, 0.717) is 0 Å². The maximum Gasteiger partial charge on any atom is 0.328 e. The molecule has 1 aromatic rings. The minimum atomic E-state index is -0.681.